The van der Waals surface area contributed by atoms with Gasteiger partial charge < -0.3 is 19.7 Å². The summed E-state index contributed by atoms with van der Waals surface area (Å²) in [5.74, 6) is 1.53. The number of pyridine rings is 1. The average Bonchev–Trinajstić information content (AvgIpc) is 3.12. The number of hydrogen-bond acceptors (Lipinski definition) is 4. The zero-order chi connectivity index (χ0) is 16.4. The molecule has 2 amide bonds. The summed E-state index contributed by atoms with van der Waals surface area (Å²) in [4.78, 5) is 18.5. The van der Waals surface area contributed by atoms with E-state index in [0.717, 1.165) is 36.4 Å². The Kier molecular flexibility index (Phi) is 3.94. The number of urea groups is 1. The molecular weight excluding hydrogens is 306 g/mol. The van der Waals surface area contributed by atoms with Crippen LogP contribution in [0.4, 0.5) is 10.5 Å². The molecule has 24 heavy (non-hydrogen) atoms. The van der Waals surface area contributed by atoms with Gasteiger partial charge in [-0.25, -0.2) is 4.79 Å². The van der Waals surface area contributed by atoms with E-state index >= 15 is 0 Å². The third-order valence-electron chi connectivity index (χ3n) is 4.38. The number of ether oxygens (including phenoxy) is 2. The van der Waals surface area contributed by atoms with E-state index in [4.69, 9.17) is 9.47 Å². The van der Waals surface area contributed by atoms with Gasteiger partial charge in [-0.15, -0.1) is 0 Å². The molecule has 1 atom stereocenters. The van der Waals surface area contributed by atoms with Gasteiger partial charge in [0.25, 0.3) is 0 Å². The van der Waals surface area contributed by atoms with Crippen LogP contribution in [-0.4, -0.2) is 35.7 Å². The van der Waals surface area contributed by atoms with Crippen molar-refractivity contribution in [2.24, 2.45) is 0 Å². The van der Waals surface area contributed by atoms with Crippen LogP contribution in [0.15, 0.2) is 42.7 Å². The maximum Gasteiger partial charge on any atom is 0.322 e. The lowest BCUT2D eigenvalue weighted by Gasteiger charge is -2.26. The second-order valence-corrected chi connectivity index (χ2v) is 5.93. The molecule has 6 heteroatoms. The first-order valence-corrected chi connectivity index (χ1v) is 8.18. The molecule has 0 spiro atoms. The second-order valence-electron chi connectivity index (χ2n) is 5.93. The van der Waals surface area contributed by atoms with Gasteiger partial charge >= 0.3 is 6.03 Å². The van der Waals surface area contributed by atoms with E-state index in [9.17, 15) is 4.79 Å². The number of anilines is 1. The van der Waals surface area contributed by atoms with E-state index < -0.39 is 0 Å². The number of nitrogens with one attached hydrogen (secondary N) is 1. The molecule has 6 nitrogen and oxygen atoms in total. The first kappa shape index (κ1) is 14.8. The molecule has 4 rings (SSSR count). The van der Waals surface area contributed by atoms with Crippen LogP contribution in [-0.2, 0) is 0 Å². The first-order valence-electron chi connectivity index (χ1n) is 8.18. The third kappa shape index (κ3) is 2.87. The van der Waals surface area contributed by atoms with Gasteiger partial charge in [0.1, 0.15) is 13.2 Å². The van der Waals surface area contributed by atoms with E-state index in [1.807, 2.05) is 29.2 Å². The van der Waals surface area contributed by atoms with Crippen molar-refractivity contribution in [2.75, 3.05) is 25.1 Å². The van der Waals surface area contributed by atoms with Crippen molar-refractivity contribution < 1.29 is 14.3 Å². The van der Waals surface area contributed by atoms with Gasteiger partial charge in [0.2, 0.25) is 0 Å². The van der Waals surface area contributed by atoms with Crippen LogP contribution in [0.3, 0.4) is 0 Å². The zero-order valence-corrected chi connectivity index (χ0v) is 13.3. The lowest BCUT2D eigenvalue weighted by Crippen LogP contribution is -2.34. The first-order chi connectivity index (χ1) is 11.8. The van der Waals surface area contributed by atoms with Gasteiger partial charge in [-0.2, -0.15) is 0 Å². The highest BCUT2D eigenvalue weighted by Crippen LogP contribution is 2.38. The number of amides is 2. The molecule has 2 aliphatic rings. The fraction of sp³-hybridized carbons (Fsp3) is 0.333. The molecule has 1 saturated heterocycles. The second kappa shape index (κ2) is 6.39. The molecule has 0 aliphatic carbocycles. The summed E-state index contributed by atoms with van der Waals surface area (Å²) < 4.78 is 11.2. The molecular formula is C18H19N3O3. The number of nitrogens with zero attached hydrogens (tertiary/aromatic N) is 2. The molecule has 3 heterocycles. The fourth-order valence-corrected chi connectivity index (χ4v) is 3.26. The van der Waals surface area contributed by atoms with Crippen LogP contribution in [0.1, 0.15) is 24.4 Å². The highest BCUT2D eigenvalue weighted by atomic mass is 16.6. The van der Waals surface area contributed by atoms with E-state index in [1.54, 1.807) is 18.5 Å². The Morgan fingerprint density at radius 1 is 1.21 bits per heavy atom. The van der Waals surface area contributed by atoms with Gasteiger partial charge in [0, 0.05) is 12.7 Å². The minimum Gasteiger partial charge on any atom is -0.486 e. The summed E-state index contributed by atoms with van der Waals surface area (Å²) in [7, 11) is 0. The fourth-order valence-electron chi connectivity index (χ4n) is 3.26. The number of fused-ring (bicyclic) bond motifs is 1. The monoisotopic (exact) mass is 325 g/mol. The van der Waals surface area contributed by atoms with Crippen molar-refractivity contribution in [1.29, 1.82) is 0 Å². The van der Waals surface area contributed by atoms with Crippen LogP contribution in [0.25, 0.3) is 0 Å². The van der Waals surface area contributed by atoms with Gasteiger partial charge in [-0.1, -0.05) is 6.07 Å². The molecule has 124 valence electrons. The van der Waals surface area contributed by atoms with E-state index in [-0.39, 0.29) is 12.1 Å². The number of carbonyl (C=O) groups is 1. The third-order valence-corrected chi connectivity index (χ3v) is 4.38. The Balaban J connectivity index is 1.53. The molecule has 0 saturated carbocycles. The predicted molar refractivity (Wildman–Crippen MR) is 89.4 cm³/mol. The number of carbonyl (C=O) groups excluding carboxylic acids is 1. The van der Waals surface area contributed by atoms with Crippen molar-refractivity contribution in [2.45, 2.75) is 18.9 Å². The van der Waals surface area contributed by atoms with Crippen molar-refractivity contribution >= 4 is 11.7 Å². The Bertz CT molecular complexity index is 736. The van der Waals surface area contributed by atoms with Crippen molar-refractivity contribution in [1.82, 2.24) is 9.88 Å². The Hall–Kier alpha value is -2.76. The normalized spacial score (nSPS) is 19.2. The summed E-state index contributed by atoms with van der Waals surface area (Å²) in [6.07, 6.45) is 5.26. The van der Waals surface area contributed by atoms with Crippen molar-refractivity contribution in [3.63, 3.8) is 0 Å². The topological polar surface area (TPSA) is 63.7 Å². The highest BCUT2D eigenvalue weighted by Gasteiger charge is 2.31. The minimum absolute atomic E-state index is 0.0532. The van der Waals surface area contributed by atoms with Gasteiger partial charge in [-0.05, 0) is 42.7 Å². The minimum atomic E-state index is -0.0969. The Morgan fingerprint density at radius 2 is 2.08 bits per heavy atom. The summed E-state index contributed by atoms with van der Waals surface area (Å²) in [5, 5.41) is 2.91. The van der Waals surface area contributed by atoms with Gasteiger partial charge in [-0.3, -0.25) is 4.98 Å². The predicted octanol–water partition coefficient (Wildman–Crippen LogP) is 3.22. The van der Waals surface area contributed by atoms with Crippen LogP contribution in [0.5, 0.6) is 11.5 Å². The highest BCUT2D eigenvalue weighted by molar-refractivity contribution is 5.89. The van der Waals surface area contributed by atoms with E-state index in [0.29, 0.717) is 18.9 Å². The van der Waals surface area contributed by atoms with Crippen LogP contribution in [0, 0.1) is 0 Å². The quantitative estimate of drug-likeness (QED) is 0.921. The zero-order valence-electron chi connectivity index (χ0n) is 13.3. The average molecular weight is 325 g/mol. The maximum absolute atomic E-state index is 12.6. The van der Waals surface area contributed by atoms with Gasteiger partial charge in [0.15, 0.2) is 11.5 Å². The maximum atomic E-state index is 12.6. The van der Waals surface area contributed by atoms with Crippen LogP contribution in [0.2, 0.25) is 0 Å². The summed E-state index contributed by atoms with van der Waals surface area (Å²) in [6.45, 7) is 1.88. The van der Waals surface area contributed by atoms with Crippen molar-refractivity contribution in [3.05, 3.63) is 48.3 Å². The number of benzene rings is 1. The molecule has 0 unspecified atom stereocenters. The summed E-state index contributed by atoms with van der Waals surface area (Å²) in [5.41, 5.74) is 1.79. The standard InChI is InChI=1S/C18H19N3O3/c22-18(20-14-3-1-7-19-12-14)21-8-2-4-15(21)13-5-6-16-17(11-13)24-10-9-23-16/h1,3,5-7,11-12,15H,2,4,8-10H2,(H,20,22)/t15-/m1/s1. The lowest BCUT2D eigenvalue weighted by atomic mass is 10.0. The molecule has 0 bridgehead atoms. The Morgan fingerprint density at radius 3 is 2.92 bits per heavy atom. The smallest absolute Gasteiger partial charge is 0.322 e. The molecule has 1 fully saturated rings. The van der Waals surface area contributed by atoms with E-state index in [1.165, 1.54) is 0 Å². The Labute approximate surface area is 140 Å². The number of hydrogen-bond donors (Lipinski definition) is 1. The molecule has 2 aromatic rings. The summed E-state index contributed by atoms with van der Waals surface area (Å²) in [6, 6.07) is 9.54. The number of aromatic nitrogens is 1. The van der Waals surface area contributed by atoms with Crippen LogP contribution < -0.4 is 14.8 Å². The lowest BCUT2D eigenvalue weighted by molar-refractivity contribution is 0.170. The van der Waals surface area contributed by atoms with Gasteiger partial charge in [0.05, 0.1) is 17.9 Å². The summed E-state index contributed by atoms with van der Waals surface area (Å²) >= 11 is 0. The van der Waals surface area contributed by atoms with Crippen LogP contribution >= 0.6 is 0 Å². The van der Waals surface area contributed by atoms with Crippen molar-refractivity contribution in [3.8, 4) is 11.5 Å². The molecule has 1 aromatic heterocycles. The molecule has 1 aromatic carbocycles. The SMILES string of the molecule is O=C(Nc1cccnc1)N1CCC[C@@H]1c1ccc2c(c1)OCCO2. The number of likely N-dealkylation sites (tertiary alicyclic amines) is 1. The molecule has 0 radical (unpaired) electrons. The molecule has 1 N–H and O–H groups in total. The van der Waals surface area contributed by atoms with E-state index in [2.05, 4.69) is 10.3 Å². The number of rotatable bonds is 2. The molecule has 2 aliphatic heterocycles. The largest absolute Gasteiger partial charge is 0.486 e.